The Kier molecular flexibility index (Phi) is 5.56. The number of carbonyl (C=O) groups is 1. The van der Waals surface area contributed by atoms with Gasteiger partial charge < -0.3 is 10.1 Å². The first-order chi connectivity index (χ1) is 10.6. The first kappa shape index (κ1) is 15.6. The lowest BCUT2D eigenvalue weighted by molar-refractivity contribution is 0.141. The van der Waals surface area contributed by atoms with E-state index in [-0.39, 0.29) is 19.0 Å². The van der Waals surface area contributed by atoms with Crippen LogP contribution in [0.1, 0.15) is 16.7 Å². The van der Waals surface area contributed by atoms with Crippen LogP contribution >= 0.6 is 0 Å². The van der Waals surface area contributed by atoms with E-state index in [4.69, 9.17) is 4.74 Å². The van der Waals surface area contributed by atoms with E-state index in [1.54, 1.807) is 13.0 Å². The summed E-state index contributed by atoms with van der Waals surface area (Å²) < 4.78 is 18.0. The van der Waals surface area contributed by atoms with E-state index in [9.17, 15) is 9.18 Å². The molecule has 0 aliphatic carbocycles. The number of rotatable bonds is 3. The summed E-state index contributed by atoms with van der Waals surface area (Å²) >= 11 is 0. The zero-order chi connectivity index (χ0) is 15.8. The van der Waals surface area contributed by atoms with Crippen molar-refractivity contribution in [3.63, 3.8) is 0 Å². The molecule has 0 bridgehead atoms. The van der Waals surface area contributed by atoms with Gasteiger partial charge in [-0.2, -0.15) is 0 Å². The highest BCUT2D eigenvalue weighted by Gasteiger charge is 2.00. The number of halogens is 1. The fourth-order valence-corrected chi connectivity index (χ4v) is 1.80. The van der Waals surface area contributed by atoms with Crippen LogP contribution in [-0.4, -0.2) is 12.6 Å². The van der Waals surface area contributed by atoms with Crippen molar-refractivity contribution >= 4 is 6.09 Å². The Morgan fingerprint density at radius 1 is 1.23 bits per heavy atom. The minimum atomic E-state index is -0.519. The SMILES string of the molecule is Cc1cc(F)ccc1C#CCNC(=O)OCc1ccccc1. The summed E-state index contributed by atoms with van der Waals surface area (Å²) in [5.74, 6) is 5.40. The fraction of sp³-hybridized carbons (Fsp3) is 0.167. The van der Waals surface area contributed by atoms with Crippen molar-refractivity contribution in [3.8, 4) is 11.8 Å². The number of hydrogen-bond donors (Lipinski definition) is 1. The van der Waals surface area contributed by atoms with Gasteiger partial charge in [-0.05, 0) is 36.2 Å². The third-order valence-electron chi connectivity index (χ3n) is 2.95. The molecule has 0 aliphatic rings. The van der Waals surface area contributed by atoms with Gasteiger partial charge in [-0.3, -0.25) is 0 Å². The molecule has 0 aromatic heterocycles. The van der Waals surface area contributed by atoms with Crippen LogP contribution < -0.4 is 5.32 Å². The molecule has 22 heavy (non-hydrogen) atoms. The molecular formula is C18H16FNO2. The number of nitrogens with one attached hydrogen (secondary N) is 1. The van der Waals surface area contributed by atoms with Gasteiger partial charge in [-0.15, -0.1) is 0 Å². The van der Waals surface area contributed by atoms with Crippen molar-refractivity contribution in [2.45, 2.75) is 13.5 Å². The van der Waals surface area contributed by atoms with Gasteiger partial charge >= 0.3 is 6.09 Å². The average molecular weight is 297 g/mol. The number of ether oxygens (including phenoxy) is 1. The van der Waals surface area contributed by atoms with Crippen molar-refractivity contribution < 1.29 is 13.9 Å². The van der Waals surface area contributed by atoms with Gasteiger partial charge in [-0.1, -0.05) is 42.2 Å². The first-order valence-corrected chi connectivity index (χ1v) is 6.85. The predicted octanol–water partition coefficient (Wildman–Crippen LogP) is 3.41. The molecule has 2 aromatic carbocycles. The molecule has 4 heteroatoms. The Labute approximate surface area is 129 Å². The number of amides is 1. The Morgan fingerprint density at radius 3 is 2.73 bits per heavy atom. The molecule has 3 nitrogen and oxygen atoms in total. The second-order valence-electron chi connectivity index (χ2n) is 4.68. The molecule has 0 fully saturated rings. The van der Waals surface area contributed by atoms with Crippen molar-refractivity contribution in [1.29, 1.82) is 0 Å². The second-order valence-corrected chi connectivity index (χ2v) is 4.68. The second kappa shape index (κ2) is 7.84. The molecule has 2 aromatic rings. The summed E-state index contributed by atoms with van der Waals surface area (Å²) in [5, 5.41) is 2.55. The smallest absolute Gasteiger partial charge is 0.408 e. The normalized spacial score (nSPS) is 9.55. The number of benzene rings is 2. The zero-order valence-corrected chi connectivity index (χ0v) is 12.2. The molecule has 2 rings (SSSR count). The lowest BCUT2D eigenvalue weighted by Crippen LogP contribution is -2.24. The van der Waals surface area contributed by atoms with Crippen LogP contribution in [0.25, 0.3) is 0 Å². The van der Waals surface area contributed by atoms with Crippen molar-refractivity contribution in [1.82, 2.24) is 5.32 Å². The quantitative estimate of drug-likeness (QED) is 0.882. The molecule has 0 heterocycles. The van der Waals surface area contributed by atoms with Crippen LogP contribution in [-0.2, 0) is 11.3 Å². The molecule has 1 N–H and O–H groups in total. The van der Waals surface area contributed by atoms with Gasteiger partial charge in [0, 0.05) is 5.56 Å². The van der Waals surface area contributed by atoms with Gasteiger partial charge in [0.15, 0.2) is 0 Å². The van der Waals surface area contributed by atoms with Crippen molar-refractivity contribution in [2.75, 3.05) is 6.54 Å². The third-order valence-corrected chi connectivity index (χ3v) is 2.95. The highest BCUT2D eigenvalue weighted by atomic mass is 19.1. The van der Waals surface area contributed by atoms with Gasteiger partial charge in [-0.25, -0.2) is 9.18 Å². The fourth-order valence-electron chi connectivity index (χ4n) is 1.80. The van der Waals surface area contributed by atoms with Crippen LogP contribution in [0.2, 0.25) is 0 Å². The molecule has 1 amide bonds. The summed E-state index contributed by atoms with van der Waals surface area (Å²) in [6.07, 6.45) is -0.519. The van der Waals surface area contributed by atoms with Crippen LogP contribution in [0.3, 0.4) is 0 Å². The minimum absolute atomic E-state index is 0.171. The number of alkyl carbamates (subject to hydrolysis) is 1. The van der Waals surface area contributed by atoms with E-state index in [1.807, 2.05) is 30.3 Å². The lowest BCUT2D eigenvalue weighted by Gasteiger charge is -2.04. The Balaban J connectivity index is 1.76. The molecule has 0 saturated carbocycles. The maximum Gasteiger partial charge on any atom is 0.408 e. The number of hydrogen-bond acceptors (Lipinski definition) is 2. The topological polar surface area (TPSA) is 38.3 Å². The molecule has 112 valence electrons. The predicted molar refractivity (Wildman–Crippen MR) is 82.6 cm³/mol. The highest BCUT2D eigenvalue weighted by molar-refractivity contribution is 5.67. The summed E-state index contributed by atoms with van der Waals surface area (Å²) in [6, 6.07) is 13.8. The molecule has 0 spiro atoms. The number of aryl methyl sites for hydroxylation is 1. The van der Waals surface area contributed by atoms with E-state index < -0.39 is 6.09 Å². The first-order valence-electron chi connectivity index (χ1n) is 6.85. The maximum atomic E-state index is 12.9. The summed E-state index contributed by atoms with van der Waals surface area (Å²) in [4.78, 5) is 11.5. The highest BCUT2D eigenvalue weighted by Crippen LogP contribution is 2.08. The molecule has 0 unspecified atom stereocenters. The van der Waals surface area contributed by atoms with E-state index >= 15 is 0 Å². The molecule has 0 atom stereocenters. The van der Waals surface area contributed by atoms with Gasteiger partial charge in [0.05, 0.1) is 6.54 Å². The van der Waals surface area contributed by atoms with Gasteiger partial charge in [0.2, 0.25) is 0 Å². The third kappa shape index (κ3) is 4.95. The van der Waals surface area contributed by atoms with Crippen LogP contribution in [0.15, 0.2) is 48.5 Å². The Hall–Kier alpha value is -2.80. The van der Waals surface area contributed by atoms with Gasteiger partial charge in [0.1, 0.15) is 12.4 Å². The van der Waals surface area contributed by atoms with Crippen LogP contribution in [0.4, 0.5) is 9.18 Å². The van der Waals surface area contributed by atoms with E-state index in [0.29, 0.717) is 0 Å². The molecule has 0 saturated heterocycles. The largest absolute Gasteiger partial charge is 0.445 e. The minimum Gasteiger partial charge on any atom is -0.445 e. The van der Waals surface area contributed by atoms with Crippen LogP contribution in [0, 0.1) is 24.6 Å². The molecule has 0 aliphatic heterocycles. The lowest BCUT2D eigenvalue weighted by atomic mass is 10.1. The van der Waals surface area contributed by atoms with E-state index in [0.717, 1.165) is 16.7 Å². The standard InChI is InChI=1S/C18H16FNO2/c1-14-12-17(19)10-9-16(14)8-5-11-20-18(21)22-13-15-6-3-2-4-7-15/h2-4,6-7,9-10,12H,11,13H2,1H3,(H,20,21). The summed E-state index contributed by atoms with van der Waals surface area (Å²) in [5.41, 5.74) is 2.42. The summed E-state index contributed by atoms with van der Waals surface area (Å²) in [6.45, 7) is 2.18. The average Bonchev–Trinajstić information content (AvgIpc) is 2.52. The Bertz CT molecular complexity index is 702. The molecule has 0 radical (unpaired) electrons. The van der Waals surface area contributed by atoms with Crippen molar-refractivity contribution in [2.24, 2.45) is 0 Å². The van der Waals surface area contributed by atoms with Crippen LogP contribution in [0.5, 0.6) is 0 Å². The van der Waals surface area contributed by atoms with E-state index in [2.05, 4.69) is 17.2 Å². The molecular weight excluding hydrogens is 281 g/mol. The zero-order valence-electron chi connectivity index (χ0n) is 12.2. The summed E-state index contributed by atoms with van der Waals surface area (Å²) in [7, 11) is 0. The van der Waals surface area contributed by atoms with Crippen molar-refractivity contribution in [3.05, 3.63) is 71.0 Å². The number of carbonyl (C=O) groups excluding carboxylic acids is 1. The van der Waals surface area contributed by atoms with Gasteiger partial charge in [0.25, 0.3) is 0 Å². The Morgan fingerprint density at radius 2 is 2.00 bits per heavy atom. The maximum absolute atomic E-state index is 12.9. The van der Waals surface area contributed by atoms with E-state index in [1.165, 1.54) is 12.1 Å². The monoisotopic (exact) mass is 297 g/mol.